The topological polar surface area (TPSA) is 54.3 Å². The van der Waals surface area contributed by atoms with Crippen LogP contribution in [0.3, 0.4) is 0 Å². The number of aryl methyl sites for hydroxylation is 1. The average molecular weight is 606 g/mol. The van der Waals surface area contributed by atoms with Crippen molar-refractivity contribution in [1.82, 2.24) is 9.88 Å². The van der Waals surface area contributed by atoms with E-state index in [1.54, 1.807) is 18.2 Å². The molecule has 2 aromatic carbocycles. The number of rotatable bonds is 3. The standard InChI is InChI=1S/C23H17BrIN3O2S/c1-13-10-15(14(2)27(13)18-8-6-17(25)7-9-18)11-20-21(29)26-23(31)28(22(20)30)19-5-3-4-16(24)12-19/h3-12H,1-2H3,(H,26,29,31)/b20-11-. The van der Waals surface area contributed by atoms with E-state index in [1.807, 2.05) is 56.3 Å². The molecular weight excluding hydrogens is 589 g/mol. The van der Waals surface area contributed by atoms with Crippen molar-refractivity contribution in [1.29, 1.82) is 0 Å². The number of hydrogen-bond acceptors (Lipinski definition) is 3. The number of anilines is 1. The summed E-state index contributed by atoms with van der Waals surface area (Å²) in [4.78, 5) is 27.2. The zero-order valence-corrected chi connectivity index (χ0v) is 21.2. The van der Waals surface area contributed by atoms with Gasteiger partial charge in [0.15, 0.2) is 5.11 Å². The molecule has 1 aromatic heterocycles. The Hall–Kier alpha value is -2.30. The maximum Gasteiger partial charge on any atom is 0.270 e. The summed E-state index contributed by atoms with van der Waals surface area (Å²) in [6.07, 6.45) is 1.63. The second-order valence-corrected chi connectivity index (χ2v) is 9.62. The fraction of sp³-hybridized carbons (Fsp3) is 0.0870. The van der Waals surface area contributed by atoms with Crippen LogP contribution in [-0.2, 0) is 9.59 Å². The number of halogens is 2. The summed E-state index contributed by atoms with van der Waals surface area (Å²) in [5, 5.41) is 2.70. The second-order valence-electron chi connectivity index (χ2n) is 7.08. The minimum absolute atomic E-state index is 0.0384. The van der Waals surface area contributed by atoms with Gasteiger partial charge in [-0.15, -0.1) is 0 Å². The normalized spacial score (nSPS) is 15.5. The first-order chi connectivity index (χ1) is 14.8. The van der Waals surface area contributed by atoms with Crippen LogP contribution < -0.4 is 10.2 Å². The molecule has 8 heteroatoms. The van der Waals surface area contributed by atoms with Gasteiger partial charge in [-0.2, -0.15) is 0 Å². The molecule has 0 spiro atoms. The summed E-state index contributed by atoms with van der Waals surface area (Å²) in [6, 6.07) is 17.4. The number of hydrogen-bond donors (Lipinski definition) is 1. The van der Waals surface area contributed by atoms with E-state index < -0.39 is 11.8 Å². The van der Waals surface area contributed by atoms with Crippen molar-refractivity contribution in [3.05, 3.63) is 85.2 Å². The van der Waals surface area contributed by atoms with E-state index in [1.165, 1.54) is 4.90 Å². The summed E-state index contributed by atoms with van der Waals surface area (Å²) in [5.41, 5.74) is 4.40. The van der Waals surface area contributed by atoms with E-state index in [2.05, 4.69) is 48.4 Å². The number of carbonyl (C=O) groups excluding carboxylic acids is 2. The number of nitrogens with one attached hydrogen (secondary N) is 1. The van der Waals surface area contributed by atoms with Crippen LogP contribution >= 0.6 is 50.7 Å². The van der Waals surface area contributed by atoms with Crippen molar-refractivity contribution in [3.63, 3.8) is 0 Å². The third-order valence-electron chi connectivity index (χ3n) is 5.02. The largest absolute Gasteiger partial charge is 0.318 e. The molecule has 1 fully saturated rings. The fourth-order valence-electron chi connectivity index (χ4n) is 3.58. The van der Waals surface area contributed by atoms with Crippen molar-refractivity contribution >= 4 is 79.4 Å². The van der Waals surface area contributed by atoms with Gasteiger partial charge in [0, 0.05) is 25.1 Å². The lowest BCUT2D eigenvalue weighted by Gasteiger charge is -2.29. The molecule has 1 aliphatic rings. The third-order valence-corrected chi connectivity index (χ3v) is 6.52. The number of benzene rings is 2. The molecule has 1 N–H and O–H groups in total. The Balaban J connectivity index is 1.76. The first kappa shape index (κ1) is 21.9. The third kappa shape index (κ3) is 4.24. The van der Waals surface area contributed by atoms with Crippen LogP contribution in [0.15, 0.2) is 64.6 Å². The SMILES string of the molecule is Cc1cc(/C=C2/C(=O)NC(=S)N(c3cccc(Br)c3)C2=O)c(C)n1-c1ccc(I)cc1. The summed E-state index contributed by atoms with van der Waals surface area (Å²) < 4.78 is 4.06. The molecule has 0 radical (unpaired) electrons. The molecule has 1 saturated heterocycles. The van der Waals surface area contributed by atoms with E-state index >= 15 is 0 Å². The maximum absolute atomic E-state index is 13.3. The summed E-state index contributed by atoms with van der Waals surface area (Å²) in [7, 11) is 0. The molecule has 0 saturated carbocycles. The molecular formula is C23H17BrIN3O2S. The van der Waals surface area contributed by atoms with Gasteiger partial charge in [-0.25, -0.2) is 0 Å². The van der Waals surface area contributed by atoms with Gasteiger partial charge in [-0.3, -0.25) is 19.8 Å². The van der Waals surface area contributed by atoms with Gasteiger partial charge in [0.25, 0.3) is 11.8 Å². The zero-order chi connectivity index (χ0) is 22.3. The maximum atomic E-state index is 13.3. The van der Waals surface area contributed by atoms with Crippen molar-refractivity contribution in [2.75, 3.05) is 4.90 Å². The van der Waals surface area contributed by atoms with Crippen LogP contribution in [0.25, 0.3) is 11.8 Å². The summed E-state index contributed by atoms with van der Waals surface area (Å²) in [5.74, 6) is -0.953. The Morgan fingerprint density at radius 1 is 1.03 bits per heavy atom. The Kier molecular flexibility index (Phi) is 6.14. The lowest BCUT2D eigenvalue weighted by molar-refractivity contribution is -0.122. The highest BCUT2D eigenvalue weighted by atomic mass is 127. The van der Waals surface area contributed by atoms with Crippen molar-refractivity contribution in [2.45, 2.75) is 13.8 Å². The van der Waals surface area contributed by atoms with Gasteiger partial charge in [0.2, 0.25) is 0 Å². The predicted molar refractivity (Wildman–Crippen MR) is 138 cm³/mol. The molecule has 2 amide bonds. The van der Waals surface area contributed by atoms with E-state index in [4.69, 9.17) is 12.2 Å². The van der Waals surface area contributed by atoms with E-state index in [9.17, 15) is 9.59 Å². The number of amides is 2. The van der Waals surface area contributed by atoms with Crippen LogP contribution in [0.1, 0.15) is 17.0 Å². The molecule has 4 rings (SSSR count). The van der Waals surface area contributed by atoms with E-state index in [0.717, 1.165) is 30.7 Å². The van der Waals surface area contributed by atoms with Gasteiger partial charge in [0.05, 0.1) is 5.69 Å². The first-order valence-corrected chi connectivity index (χ1v) is 11.7. The summed E-state index contributed by atoms with van der Waals surface area (Å²) in [6.45, 7) is 3.97. The molecule has 0 unspecified atom stereocenters. The first-order valence-electron chi connectivity index (χ1n) is 9.38. The molecule has 156 valence electrons. The van der Waals surface area contributed by atoms with Gasteiger partial charge >= 0.3 is 0 Å². The monoisotopic (exact) mass is 605 g/mol. The lowest BCUT2D eigenvalue weighted by atomic mass is 10.1. The molecule has 0 bridgehead atoms. The predicted octanol–water partition coefficient (Wildman–Crippen LogP) is 5.29. The number of thiocarbonyl (C=S) groups is 1. The van der Waals surface area contributed by atoms with Crippen LogP contribution in [0, 0.1) is 17.4 Å². The Morgan fingerprint density at radius 2 is 1.74 bits per heavy atom. The highest BCUT2D eigenvalue weighted by molar-refractivity contribution is 14.1. The van der Waals surface area contributed by atoms with Crippen molar-refractivity contribution < 1.29 is 9.59 Å². The molecule has 2 heterocycles. The Morgan fingerprint density at radius 3 is 2.42 bits per heavy atom. The van der Waals surface area contributed by atoms with Crippen molar-refractivity contribution in [3.8, 4) is 5.69 Å². The van der Waals surface area contributed by atoms with E-state index in [-0.39, 0.29) is 10.7 Å². The van der Waals surface area contributed by atoms with Crippen LogP contribution in [0.2, 0.25) is 0 Å². The molecule has 0 aliphatic carbocycles. The highest BCUT2D eigenvalue weighted by Crippen LogP contribution is 2.27. The van der Waals surface area contributed by atoms with Gasteiger partial charge in [-0.1, -0.05) is 22.0 Å². The highest BCUT2D eigenvalue weighted by Gasteiger charge is 2.34. The molecule has 5 nitrogen and oxygen atoms in total. The Bertz CT molecular complexity index is 1260. The smallest absolute Gasteiger partial charge is 0.270 e. The van der Waals surface area contributed by atoms with Crippen LogP contribution in [-0.4, -0.2) is 21.5 Å². The van der Waals surface area contributed by atoms with E-state index in [0.29, 0.717) is 5.69 Å². The van der Waals surface area contributed by atoms with Crippen LogP contribution in [0.5, 0.6) is 0 Å². The molecule has 3 aromatic rings. The van der Waals surface area contributed by atoms with Gasteiger partial charge in [0.1, 0.15) is 5.57 Å². The fourth-order valence-corrected chi connectivity index (χ4v) is 4.61. The Labute approximate surface area is 207 Å². The zero-order valence-electron chi connectivity index (χ0n) is 16.6. The minimum Gasteiger partial charge on any atom is -0.318 e. The molecule has 0 atom stereocenters. The van der Waals surface area contributed by atoms with Gasteiger partial charge < -0.3 is 4.57 Å². The quantitative estimate of drug-likeness (QED) is 0.191. The average Bonchev–Trinajstić information content (AvgIpc) is 2.99. The number of aromatic nitrogens is 1. The molecule has 1 aliphatic heterocycles. The van der Waals surface area contributed by atoms with Crippen LogP contribution in [0.4, 0.5) is 5.69 Å². The van der Waals surface area contributed by atoms with Gasteiger partial charge in [-0.05, 0) is 109 Å². The molecule has 31 heavy (non-hydrogen) atoms. The minimum atomic E-state index is -0.500. The second kappa shape index (κ2) is 8.68. The number of carbonyl (C=O) groups is 2. The number of nitrogens with zero attached hydrogens (tertiary/aromatic N) is 2. The summed E-state index contributed by atoms with van der Waals surface area (Å²) >= 11 is 11.0. The van der Waals surface area contributed by atoms with Crippen molar-refractivity contribution in [2.24, 2.45) is 0 Å². The lowest BCUT2D eigenvalue weighted by Crippen LogP contribution is -2.54.